The Labute approximate surface area is 159 Å². The zero-order valence-corrected chi connectivity index (χ0v) is 16.1. The summed E-state index contributed by atoms with van der Waals surface area (Å²) in [5.41, 5.74) is 2.56. The molecule has 0 spiro atoms. The molecule has 1 saturated heterocycles. The van der Waals surface area contributed by atoms with Gasteiger partial charge in [-0.05, 0) is 56.0 Å². The van der Waals surface area contributed by atoms with Crippen LogP contribution in [0.2, 0.25) is 0 Å². The molecule has 1 fully saturated rings. The molecule has 0 atom stereocenters. The summed E-state index contributed by atoms with van der Waals surface area (Å²) in [6, 6.07) is 15.4. The van der Waals surface area contributed by atoms with Crippen molar-refractivity contribution in [3.05, 3.63) is 65.2 Å². The van der Waals surface area contributed by atoms with Gasteiger partial charge in [-0.3, -0.25) is 9.59 Å². The minimum atomic E-state index is 0.0438. The van der Waals surface area contributed by atoms with Gasteiger partial charge < -0.3 is 9.80 Å². The number of aryl methyl sites for hydroxylation is 1. The van der Waals surface area contributed by atoms with Crippen LogP contribution in [0.5, 0.6) is 0 Å². The highest BCUT2D eigenvalue weighted by Gasteiger charge is 2.23. The molecule has 26 heavy (non-hydrogen) atoms. The summed E-state index contributed by atoms with van der Waals surface area (Å²) in [5, 5.41) is 0. The third kappa shape index (κ3) is 4.28. The predicted molar refractivity (Wildman–Crippen MR) is 106 cm³/mol. The fourth-order valence-electron chi connectivity index (χ4n) is 3.12. The Morgan fingerprint density at radius 1 is 0.769 bits per heavy atom. The van der Waals surface area contributed by atoms with Gasteiger partial charge in [0.2, 0.25) is 0 Å². The lowest BCUT2D eigenvalue weighted by molar-refractivity contribution is 0.0718. The summed E-state index contributed by atoms with van der Waals surface area (Å²) in [6.07, 6.45) is 2.82. The van der Waals surface area contributed by atoms with Crippen LogP contribution in [-0.4, -0.2) is 54.0 Å². The molecule has 0 N–H and O–H groups in total. The van der Waals surface area contributed by atoms with Crippen molar-refractivity contribution in [1.82, 2.24) is 9.80 Å². The Balaban J connectivity index is 1.64. The van der Waals surface area contributed by atoms with Gasteiger partial charge in [0.05, 0.1) is 0 Å². The normalized spacial score (nSPS) is 14.8. The van der Waals surface area contributed by atoms with E-state index in [1.54, 1.807) is 11.8 Å². The topological polar surface area (TPSA) is 40.6 Å². The van der Waals surface area contributed by atoms with Crippen LogP contribution >= 0.6 is 11.8 Å². The lowest BCUT2D eigenvalue weighted by Crippen LogP contribution is -2.37. The first kappa shape index (κ1) is 18.5. The van der Waals surface area contributed by atoms with E-state index in [0.29, 0.717) is 37.3 Å². The molecule has 1 aliphatic heterocycles. The van der Waals surface area contributed by atoms with Crippen molar-refractivity contribution in [2.45, 2.75) is 18.2 Å². The fraction of sp³-hybridized carbons (Fsp3) is 0.333. The van der Waals surface area contributed by atoms with E-state index in [2.05, 4.69) is 0 Å². The third-order valence-corrected chi connectivity index (χ3v) is 5.45. The molecule has 0 saturated carbocycles. The van der Waals surface area contributed by atoms with Gasteiger partial charge in [0, 0.05) is 42.2 Å². The number of thioether (sulfide) groups is 1. The van der Waals surface area contributed by atoms with Crippen LogP contribution < -0.4 is 0 Å². The molecule has 0 bridgehead atoms. The number of rotatable bonds is 3. The van der Waals surface area contributed by atoms with E-state index in [9.17, 15) is 9.59 Å². The second-order valence-electron chi connectivity index (χ2n) is 6.53. The SMILES string of the molecule is CSc1ccc(C(=O)N2CCCN(C(=O)c3ccc(C)cc3)CC2)cc1. The van der Waals surface area contributed by atoms with Crippen LogP contribution in [-0.2, 0) is 0 Å². The fourth-order valence-corrected chi connectivity index (χ4v) is 3.53. The molecule has 1 heterocycles. The zero-order valence-electron chi connectivity index (χ0n) is 15.3. The Bertz CT molecular complexity index is 772. The summed E-state index contributed by atoms with van der Waals surface area (Å²) < 4.78 is 0. The number of hydrogen-bond donors (Lipinski definition) is 0. The van der Waals surface area contributed by atoms with E-state index >= 15 is 0 Å². The van der Waals surface area contributed by atoms with Gasteiger partial charge in [0.1, 0.15) is 0 Å². The molecule has 0 unspecified atom stereocenters. The smallest absolute Gasteiger partial charge is 0.253 e. The van der Waals surface area contributed by atoms with E-state index < -0.39 is 0 Å². The van der Waals surface area contributed by atoms with Gasteiger partial charge in [-0.2, -0.15) is 0 Å². The Kier molecular flexibility index (Phi) is 5.99. The van der Waals surface area contributed by atoms with Crippen molar-refractivity contribution in [3.63, 3.8) is 0 Å². The molecule has 0 aromatic heterocycles. The number of hydrogen-bond acceptors (Lipinski definition) is 3. The molecule has 0 aliphatic carbocycles. The molecule has 0 radical (unpaired) electrons. The first-order chi connectivity index (χ1) is 12.6. The van der Waals surface area contributed by atoms with E-state index in [4.69, 9.17) is 0 Å². The van der Waals surface area contributed by atoms with Crippen LogP contribution in [0.1, 0.15) is 32.7 Å². The highest BCUT2D eigenvalue weighted by Crippen LogP contribution is 2.17. The summed E-state index contributed by atoms with van der Waals surface area (Å²) in [6.45, 7) is 4.51. The molecule has 1 aliphatic rings. The second-order valence-corrected chi connectivity index (χ2v) is 7.41. The molecule has 2 aromatic rings. The van der Waals surface area contributed by atoms with E-state index in [1.165, 1.54) is 0 Å². The van der Waals surface area contributed by atoms with Crippen molar-refractivity contribution < 1.29 is 9.59 Å². The first-order valence-corrected chi connectivity index (χ1v) is 10.1. The quantitative estimate of drug-likeness (QED) is 0.776. The number of amides is 2. The van der Waals surface area contributed by atoms with Crippen LogP contribution in [0.15, 0.2) is 53.4 Å². The van der Waals surface area contributed by atoms with Crippen LogP contribution in [0.25, 0.3) is 0 Å². The van der Waals surface area contributed by atoms with Gasteiger partial charge in [-0.25, -0.2) is 0 Å². The lowest BCUT2D eigenvalue weighted by Gasteiger charge is -2.22. The third-order valence-electron chi connectivity index (χ3n) is 4.71. The van der Waals surface area contributed by atoms with E-state index in [1.807, 2.05) is 71.5 Å². The minimum absolute atomic E-state index is 0.0438. The number of carbonyl (C=O) groups excluding carboxylic acids is 2. The van der Waals surface area contributed by atoms with Gasteiger partial charge in [0.25, 0.3) is 11.8 Å². The Morgan fingerprint density at radius 3 is 1.69 bits per heavy atom. The Hall–Kier alpha value is -2.27. The highest BCUT2D eigenvalue weighted by atomic mass is 32.2. The van der Waals surface area contributed by atoms with Crippen molar-refractivity contribution in [1.29, 1.82) is 0 Å². The molecule has 4 nitrogen and oxygen atoms in total. The van der Waals surface area contributed by atoms with Gasteiger partial charge in [-0.1, -0.05) is 17.7 Å². The molecular formula is C21H24N2O2S. The average molecular weight is 369 g/mol. The van der Waals surface area contributed by atoms with Gasteiger partial charge in [-0.15, -0.1) is 11.8 Å². The van der Waals surface area contributed by atoms with E-state index in [-0.39, 0.29) is 11.8 Å². The molecule has 3 rings (SSSR count). The van der Waals surface area contributed by atoms with Crippen molar-refractivity contribution in [2.75, 3.05) is 32.4 Å². The van der Waals surface area contributed by atoms with Crippen molar-refractivity contribution in [2.24, 2.45) is 0 Å². The standard InChI is InChI=1S/C21H24N2O2S/c1-16-4-6-17(7-5-16)20(24)22-12-3-13-23(15-14-22)21(25)18-8-10-19(26-2)11-9-18/h4-11H,3,12-15H2,1-2H3. The number of benzene rings is 2. The average Bonchev–Trinajstić information content (AvgIpc) is 2.94. The number of nitrogens with zero attached hydrogens (tertiary/aromatic N) is 2. The van der Waals surface area contributed by atoms with Crippen LogP contribution in [0, 0.1) is 6.92 Å². The summed E-state index contributed by atoms with van der Waals surface area (Å²) >= 11 is 1.66. The van der Waals surface area contributed by atoms with Crippen LogP contribution in [0.3, 0.4) is 0 Å². The summed E-state index contributed by atoms with van der Waals surface area (Å²) in [4.78, 5) is 30.3. The minimum Gasteiger partial charge on any atom is -0.337 e. The van der Waals surface area contributed by atoms with Crippen molar-refractivity contribution in [3.8, 4) is 0 Å². The van der Waals surface area contributed by atoms with Crippen LogP contribution in [0.4, 0.5) is 0 Å². The second kappa shape index (κ2) is 8.41. The maximum Gasteiger partial charge on any atom is 0.253 e. The zero-order chi connectivity index (χ0) is 18.5. The van der Waals surface area contributed by atoms with E-state index in [0.717, 1.165) is 16.9 Å². The lowest BCUT2D eigenvalue weighted by atomic mass is 10.1. The molecule has 5 heteroatoms. The van der Waals surface area contributed by atoms with Crippen molar-refractivity contribution >= 4 is 23.6 Å². The van der Waals surface area contributed by atoms with Gasteiger partial charge in [0.15, 0.2) is 0 Å². The molecular weight excluding hydrogens is 344 g/mol. The maximum atomic E-state index is 12.8. The van der Waals surface area contributed by atoms with Gasteiger partial charge >= 0.3 is 0 Å². The number of carbonyl (C=O) groups is 2. The summed E-state index contributed by atoms with van der Waals surface area (Å²) in [5.74, 6) is 0.0888. The first-order valence-electron chi connectivity index (χ1n) is 8.88. The Morgan fingerprint density at radius 2 is 1.23 bits per heavy atom. The maximum absolute atomic E-state index is 12.8. The molecule has 2 amide bonds. The highest BCUT2D eigenvalue weighted by molar-refractivity contribution is 7.98. The summed E-state index contributed by atoms with van der Waals surface area (Å²) in [7, 11) is 0. The molecule has 136 valence electrons. The molecule has 2 aromatic carbocycles. The monoisotopic (exact) mass is 368 g/mol. The predicted octanol–water partition coefficient (Wildman–Crippen LogP) is 3.71. The largest absolute Gasteiger partial charge is 0.337 e.